The molecular formula is C21H23NO3. The molecule has 4 heteroatoms. The van der Waals surface area contributed by atoms with Crippen LogP contribution in [0.1, 0.15) is 39.6 Å². The number of carbonyl (C=O) groups is 1. The number of fused-ring (bicyclic) bond motifs is 2. The van der Waals surface area contributed by atoms with Gasteiger partial charge in [-0.05, 0) is 54.8 Å². The molecular weight excluding hydrogens is 314 g/mol. The van der Waals surface area contributed by atoms with E-state index in [0.717, 1.165) is 11.1 Å². The highest BCUT2D eigenvalue weighted by Gasteiger charge is 2.19. The number of ether oxygens (including phenoxy) is 1. The van der Waals surface area contributed by atoms with Crippen LogP contribution in [0.3, 0.4) is 0 Å². The smallest absolute Gasteiger partial charge is 0.307 e. The van der Waals surface area contributed by atoms with Crippen molar-refractivity contribution in [2.75, 3.05) is 20.5 Å². The molecule has 0 aliphatic carbocycles. The van der Waals surface area contributed by atoms with Crippen molar-refractivity contribution in [1.82, 2.24) is 4.90 Å². The van der Waals surface area contributed by atoms with Gasteiger partial charge in [0.15, 0.2) is 0 Å². The maximum atomic E-state index is 11.4. The first-order valence-electron chi connectivity index (χ1n) is 11.8. The topological polar surface area (TPSA) is 49.8 Å². The molecule has 0 fully saturated rings. The summed E-state index contributed by atoms with van der Waals surface area (Å²) in [5, 5.41) is 9.30. The lowest BCUT2D eigenvalue weighted by Gasteiger charge is -2.13. The van der Waals surface area contributed by atoms with Crippen molar-refractivity contribution in [3.05, 3.63) is 70.8 Å². The molecule has 130 valence electrons. The summed E-state index contributed by atoms with van der Waals surface area (Å²) in [5.74, 6) is -1.22. The van der Waals surface area contributed by atoms with Crippen LogP contribution >= 0.6 is 0 Å². The van der Waals surface area contributed by atoms with Crippen LogP contribution in [0.25, 0.3) is 5.57 Å². The predicted molar refractivity (Wildman–Crippen MR) is 98.8 cm³/mol. The molecule has 1 aliphatic rings. The number of carboxylic acid groups (broad SMARTS) is 1. The van der Waals surface area contributed by atoms with Gasteiger partial charge in [-0.2, -0.15) is 0 Å². The summed E-state index contributed by atoms with van der Waals surface area (Å²) in [6, 6.07) is 11.6. The van der Waals surface area contributed by atoms with E-state index in [2.05, 4.69) is 0 Å². The molecule has 4 nitrogen and oxygen atoms in total. The van der Waals surface area contributed by atoms with Crippen molar-refractivity contribution < 1.29 is 25.6 Å². The fourth-order valence-corrected chi connectivity index (χ4v) is 2.83. The second kappa shape index (κ2) is 7.53. The summed E-state index contributed by atoms with van der Waals surface area (Å²) in [6.45, 7) is -5.67. The Kier molecular flexibility index (Phi) is 2.95. The zero-order valence-electron chi connectivity index (χ0n) is 21.5. The number of aliphatic carboxylic acids is 1. The van der Waals surface area contributed by atoms with Crippen LogP contribution in [-0.4, -0.2) is 36.5 Å². The number of carboxylic acids is 1. The van der Waals surface area contributed by atoms with Gasteiger partial charge in [0.05, 0.1) is 6.37 Å². The molecule has 0 bridgehead atoms. The van der Waals surface area contributed by atoms with E-state index in [1.807, 2.05) is 18.2 Å². The molecule has 2 aromatic carbocycles. The standard InChI is InChI=1S/C21H23NO3/c1-22(2)11-5-8-18-17-7-4-3-6-16(17)14-25-20-10-9-15(12-19(18)20)13-21(23)24/h3-4,6-10,12H,5,11,13-14H2,1-2H3,(H,23,24)/b18-8+/i1D3,2D3,13D2. The molecule has 0 spiro atoms. The van der Waals surface area contributed by atoms with E-state index in [1.54, 1.807) is 12.1 Å². The van der Waals surface area contributed by atoms with Crippen molar-refractivity contribution in [2.45, 2.75) is 19.4 Å². The summed E-state index contributed by atoms with van der Waals surface area (Å²) in [6.07, 6.45) is -0.891. The molecule has 1 aliphatic heterocycles. The Bertz CT molecular complexity index is 1060. The Hall–Kier alpha value is -2.59. The van der Waals surface area contributed by atoms with Gasteiger partial charge in [0, 0.05) is 23.1 Å². The van der Waals surface area contributed by atoms with Gasteiger partial charge >= 0.3 is 5.97 Å². The van der Waals surface area contributed by atoms with E-state index in [0.29, 0.717) is 21.8 Å². The minimum absolute atomic E-state index is 0.0654. The molecule has 1 N–H and O–H groups in total. The van der Waals surface area contributed by atoms with E-state index in [9.17, 15) is 9.90 Å². The molecule has 0 amide bonds. The van der Waals surface area contributed by atoms with Gasteiger partial charge in [0.25, 0.3) is 0 Å². The van der Waals surface area contributed by atoms with Crippen molar-refractivity contribution in [2.24, 2.45) is 0 Å². The largest absolute Gasteiger partial charge is 0.488 e. The molecule has 2 aromatic rings. The Balaban J connectivity index is 2.09. The Labute approximate surface area is 159 Å². The van der Waals surface area contributed by atoms with Crippen LogP contribution < -0.4 is 4.74 Å². The van der Waals surface area contributed by atoms with Crippen LogP contribution in [-0.2, 0) is 17.8 Å². The zero-order valence-corrected chi connectivity index (χ0v) is 13.5. The first-order chi connectivity index (χ1) is 15.2. The third-order valence-corrected chi connectivity index (χ3v) is 3.91. The number of rotatable bonds is 5. The van der Waals surface area contributed by atoms with Gasteiger partial charge < -0.3 is 14.7 Å². The van der Waals surface area contributed by atoms with Gasteiger partial charge in [0.1, 0.15) is 12.4 Å². The minimum atomic E-state index is -2.81. The summed E-state index contributed by atoms with van der Waals surface area (Å²) >= 11 is 0. The Morgan fingerprint density at radius 2 is 2.16 bits per heavy atom. The SMILES string of the molecule is [2H]C([2H])(C(=O)O)c1ccc2c(c1)/C(=C/CCN(C([2H])([2H])[2H])C([2H])([2H])[2H])c1ccccc1CO2. The quantitative estimate of drug-likeness (QED) is 0.900. The van der Waals surface area contributed by atoms with Gasteiger partial charge in [-0.25, -0.2) is 0 Å². The highest BCUT2D eigenvalue weighted by molar-refractivity contribution is 5.85. The third-order valence-electron chi connectivity index (χ3n) is 3.91. The molecule has 0 radical (unpaired) electrons. The van der Waals surface area contributed by atoms with E-state index >= 15 is 0 Å². The summed E-state index contributed by atoms with van der Waals surface area (Å²) in [5.41, 5.74) is 2.52. The van der Waals surface area contributed by atoms with Crippen molar-refractivity contribution in [3.63, 3.8) is 0 Å². The van der Waals surface area contributed by atoms with E-state index in [-0.39, 0.29) is 25.1 Å². The minimum Gasteiger partial charge on any atom is -0.488 e. The Morgan fingerprint density at radius 3 is 2.96 bits per heavy atom. The lowest BCUT2D eigenvalue weighted by molar-refractivity contribution is -0.136. The molecule has 3 rings (SSSR count). The van der Waals surface area contributed by atoms with Crippen molar-refractivity contribution >= 4 is 11.5 Å². The highest BCUT2D eigenvalue weighted by Crippen LogP contribution is 2.37. The maximum Gasteiger partial charge on any atom is 0.307 e. The molecule has 25 heavy (non-hydrogen) atoms. The van der Waals surface area contributed by atoms with Crippen LogP contribution in [0.2, 0.25) is 0 Å². The van der Waals surface area contributed by atoms with E-state index in [4.69, 9.17) is 15.7 Å². The van der Waals surface area contributed by atoms with Gasteiger partial charge in [0.2, 0.25) is 0 Å². The first kappa shape index (κ1) is 9.78. The fourth-order valence-electron chi connectivity index (χ4n) is 2.83. The normalized spacial score (nSPS) is 20.9. The van der Waals surface area contributed by atoms with Gasteiger partial charge in [-0.1, -0.05) is 36.4 Å². The number of hydrogen-bond donors (Lipinski definition) is 1. The average molecular weight is 345 g/mol. The van der Waals surface area contributed by atoms with Crippen molar-refractivity contribution in [3.8, 4) is 5.75 Å². The van der Waals surface area contributed by atoms with Crippen LogP contribution in [0, 0.1) is 0 Å². The highest BCUT2D eigenvalue weighted by atomic mass is 16.5. The first-order valence-corrected chi connectivity index (χ1v) is 7.80. The maximum absolute atomic E-state index is 11.4. The van der Waals surface area contributed by atoms with Gasteiger partial charge in [-0.3, -0.25) is 4.79 Å². The summed E-state index contributed by atoms with van der Waals surface area (Å²) < 4.78 is 66.9. The summed E-state index contributed by atoms with van der Waals surface area (Å²) in [7, 11) is 0. The van der Waals surface area contributed by atoms with Crippen LogP contribution in [0.5, 0.6) is 5.75 Å². The number of benzene rings is 2. The third kappa shape index (κ3) is 4.09. The lowest BCUT2D eigenvalue weighted by atomic mass is 9.92. The molecule has 0 atom stereocenters. The molecule has 0 unspecified atom stereocenters. The van der Waals surface area contributed by atoms with E-state index < -0.39 is 26.3 Å². The fraction of sp³-hybridized carbons (Fsp3) is 0.286. The van der Waals surface area contributed by atoms with Crippen LogP contribution in [0.4, 0.5) is 0 Å². The second-order valence-corrected chi connectivity index (χ2v) is 5.65. The monoisotopic (exact) mass is 345 g/mol. The average Bonchev–Trinajstić information content (AvgIpc) is 2.85. The van der Waals surface area contributed by atoms with E-state index in [1.165, 1.54) is 18.2 Å². The molecule has 0 saturated heterocycles. The Morgan fingerprint density at radius 1 is 1.32 bits per heavy atom. The molecule has 0 aromatic heterocycles. The van der Waals surface area contributed by atoms with Crippen LogP contribution in [0.15, 0.2) is 48.5 Å². The number of nitrogens with zero attached hydrogens (tertiary/aromatic N) is 1. The second-order valence-electron chi connectivity index (χ2n) is 5.65. The number of hydrogen-bond acceptors (Lipinski definition) is 3. The summed E-state index contributed by atoms with van der Waals surface area (Å²) in [4.78, 5) is 11.9. The zero-order chi connectivity index (χ0) is 24.6. The van der Waals surface area contributed by atoms with Gasteiger partial charge in [-0.15, -0.1) is 0 Å². The van der Waals surface area contributed by atoms with Crippen molar-refractivity contribution in [1.29, 1.82) is 0 Å². The lowest BCUT2D eigenvalue weighted by Crippen LogP contribution is -2.12. The molecule has 1 heterocycles. The predicted octanol–water partition coefficient (Wildman–Crippen LogP) is 3.59. The molecule has 0 saturated carbocycles.